The number of nitrogens with zero attached hydrogens (tertiary/aromatic N) is 1. The van der Waals surface area contributed by atoms with Crippen LogP contribution in [0.1, 0.15) is 0 Å². The highest BCUT2D eigenvalue weighted by molar-refractivity contribution is 5.80. The molecule has 0 aromatic rings. The van der Waals surface area contributed by atoms with Crippen molar-refractivity contribution in [1.82, 2.24) is 0 Å². The smallest absolute Gasteiger partial charge is 0.191 e. The first-order valence-corrected chi connectivity index (χ1v) is 3.22. The van der Waals surface area contributed by atoms with Gasteiger partial charge in [0.15, 0.2) is 5.90 Å². The van der Waals surface area contributed by atoms with Gasteiger partial charge in [0, 0.05) is 0 Å². The molecule has 50 valence electrons. The molecule has 0 radical (unpaired) electrons. The molecule has 0 saturated carbocycles. The fourth-order valence-electron chi connectivity index (χ4n) is 0.977. The van der Waals surface area contributed by atoms with E-state index in [0.29, 0.717) is 5.92 Å². The van der Waals surface area contributed by atoms with Gasteiger partial charge >= 0.3 is 0 Å². The van der Waals surface area contributed by atoms with E-state index in [-0.39, 0.29) is 0 Å². The highest BCUT2D eigenvalue weighted by Crippen LogP contribution is 2.15. The molecule has 2 aliphatic heterocycles. The fraction of sp³-hybridized carbons (Fsp3) is 0.833. The molecule has 0 aliphatic carbocycles. The van der Waals surface area contributed by atoms with Crippen molar-refractivity contribution in [2.24, 2.45) is 10.9 Å². The monoisotopic (exact) mass is 127 g/mol. The van der Waals surface area contributed by atoms with Crippen LogP contribution < -0.4 is 0 Å². The van der Waals surface area contributed by atoms with Gasteiger partial charge in [-0.15, -0.1) is 0 Å². The largest absolute Gasteiger partial charge is 0.479 e. The van der Waals surface area contributed by atoms with Crippen molar-refractivity contribution in [3.8, 4) is 0 Å². The molecule has 2 rings (SSSR count). The number of hydrogen-bond donors (Lipinski definition) is 0. The topological polar surface area (TPSA) is 30.8 Å². The molecule has 3 heteroatoms. The maximum absolute atomic E-state index is 5.23. The summed E-state index contributed by atoms with van der Waals surface area (Å²) < 4.78 is 10.2. The van der Waals surface area contributed by atoms with Crippen molar-refractivity contribution in [1.29, 1.82) is 0 Å². The van der Waals surface area contributed by atoms with Crippen LogP contribution in [0.2, 0.25) is 0 Å². The molecule has 1 fully saturated rings. The summed E-state index contributed by atoms with van der Waals surface area (Å²) in [5.74, 6) is 1.40. The number of hydrogen-bond acceptors (Lipinski definition) is 3. The predicted octanol–water partition coefficient (Wildman–Crippen LogP) is 0.0615. The van der Waals surface area contributed by atoms with Crippen LogP contribution in [0, 0.1) is 5.92 Å². The Morgan fingerprint density at radius 3 is 2.78 bits per heavy atom. The maximum Gasteiger partial charge on any atom is 0.191 e. The molecular formula is C6H9NO2. The number of ether oxygens (including phenoxy) is 2. The number of aliphatic imine (C=N–C) groups is 1. The van der Waals surface area contributed by atoms with Gasteiger partial charge in [-0.25, -0.2) is 0 Å². The Balaban J connectivity index is 1.95. The van der Waals surface area contributed by atoms with Gasteiger partial charge in [0.05, 0.1) is 25.7 Å². The van der Waals surface area contributed by atoms with Crippen molar-refractivity contribution in [2.75, 3.05) is 26.4 Å². The van der Waals surface area contributed by atoms with Crippen LogP contribution in [0.5, 0.6) is 0 Å². The normalized spacial score (nSPS) is 26.9. The summed E-state index contributed by atoms with van der Waals surface area (Å²) in [5.41, 5.74) is 0. The van der Waals surface area contributed by atoms with Gasteiger partial charge in [-0.1, -0.05) is 0 Å². The molecule has 0 unspecified atom stereocenters. The Labute approximate surface area is 53.7 Å². The lowest BCUT2D eigenvalue weighted by molar-refractivity contribution is -0.00697. The third-order valence-corrected chi connectivity index (χ3v) is 1.60. The van der Waals surface area contributed by atoms with Crippen LogP contribution in [0.3, 0.4) is 0 Å². The molecule has 0 atom stereocenters. The van der Waals surface area contributed by atoms with Gasteiger partial charge in [-0.3, -0.25) is 4.99 Å². The molecule has 0 aromatic carbocycles. The van der Waals surface area contributed by atoms with Crippen molar-refractivity contribution in [3.63, 3.8) is 0 Å². The van der Waals surface area contributed by atoms with Gasteiger partial charge in [0.2, 0.25) is 0 Å². The predicted molar refractivity (Wildman–Crippen MR) is 32.6 cm³/mol. The third-order valence-electron chi connectivity index (χ3n) is 1.60. The zero-order valence-electron chi connectivity index (χ0n) is 5.17. The van der Waals surface area contributed by atoms with E-state index in [1.54, 1.807) is 0 Å². The lowest BCUT2D eigenvalue weighted by atomic mass is 10.1. The summed E-state index contributed by atoms with van der Waals surface area (Å²) in [6.07, 6.45) is 0. The average Bonchev–Trinajstić information content (AvgIpc) is 2.11. The van der Waals surface area contributed by atoms with Crippen LogP contribution in [0.25, 0.3) is 0 Å². The van der Waals surface area contributed by atoms with Gasteiger partial charge < -0.3 is 9.47 Å². The highest BCUT2D eigenvalue weighted by atomic mass is 16.5. The lowest BCUT2D eigenvalue weighted by Gasteiger charge is -2.24. The Kier molecular flexibility index (Phi) is 1.16. The van der Waals surface area contributed by atoms with E-state index in [1.807, 2.05) is 0 Å². The van der Waals surface area contributed by atoms with Crippen molar-refractivity contribution in [2.45, 2.75) is 0 Å². The second-order valence-corrected chi connectivity index (χ2v) is 2.30. The minimum atomic E-state index is 0.479. The van der Waals surface area contributed by atoms with Crippen LogP contribution in [0.15, 0.2) is 4.99 Å². The van der Waals surface area contributed by atoms with Crippen LogP contribution >= 0.6 is 0 Å². The fourth-order valence-corrected chi connectivity index (χ4v) is 0.977. The zero-order chi connectivity index (χ0) is 6.10. The van der Waals surface area contributed by atoms with Crippen LogP contribution in [-0.2, 0) is 9.47 Å². The summed E-state index contributed by atoms with van der Waals surface area (Å²) in [4.78, 5) is 4.17. The Morgan fingerprint density at radius 1 is 1.44 bits per heavy atom. The van der Waals surface area contributed by atoms with Crippen molar-refractivity contribution in [3.05, 3.63) is 0 Å². The van der Waals surface area contributed by atoms with Crippen LogP contribution in [-0.4, -0.2) is 32.3 Å². The SMILES string of the molecule is C1COC(C2COC2)=N1. The van der Waals surface area contributed by atoms with E-state index in [1.165, 1.54) is 0 Å². The average molecular weight is 127 g/mol. The Bertz CT molecular complexity index is 140. The second-order valence-electron chi connectivity index (χ2n) is 2.30. The summed E-state index contributed by atoms with van der Waals surface area (Å²) in [6.45, 7) is 3.22. The first-order chi connectivity index (χ1) is 4.47. The molecule has 0 amide bonds. The van der Waals surface area contributed by atoms with Gasteiger partial charge in [-0.2, -0.15) is 0 Å². The highest BCUT2D eigenvalue weighted by Gasteiger charge is 2.27. The Hall–Kier alpha value is -0.570. The minimum Gasteiger partial charge on any atom is -0.479 e. The first kappa shape index (κ1) is 5.23. The lowest BCUT2D eigenvalue weighted by Crippen LogP contribution is -2.34. The molecule has 2 aliphatic rings. The van der Waals surface area contributed by atoms with E-state index < -0.39 is 0 Å². The molecule has 0 N–H and O–H groups in total. The Morgan fingerprint density at radius 2 is 2.33 bits per heavy atom. The quantitative estimate of drug-likeness (QED) is 0.498. The molecule has 2 heterocycles. The standard InChI is InChI=1S/C6H9NO2/c1-2-9-6(7-1)5-3-8-4-5/h5H,1-4H2. The van der Waals surface area contributed by atoms with Crippen LogP contribution in [0.4, 0.5) is 0 Å². The third kappa shape index (κ3) is 0.812. The molecule has 0 spiro atoms. The maximum atomic E-state index is 5.23. The molecule has 0 aromatic heterocycles. The van der Waals surface area contributed by atoms with E-state index in [2.05, 4.69) is 4.99 Å². The van der Waals surface area contributed by atoms with E-state index in [9.17, 15) is 0 Å². The zero-order valence-corrected chi connectivity index (χ0v) is 5.17. The summed E-state index contributed by atoms with van der Waals surface area (Å²) in [7, 11) is 0. The first-order valence-electron chi connectivity index (χ1n) is 3.22. The van der Waals surface area contributed by atoms with Gasteiger partial charge in [-0.05, 0) is 0 Å². The van der Waals surface area contributed by atoms with Gasteiger partial charge in [0.25, 0.3) is 0 Å². The number of rotatable bonds is 1. The molecule has 3 nitrogen and oxygen atoms in total. The molecular weight excluding hydrogens is 118 g/mol. The van der Waals surface area contributed by atoms with E-state index in [4.69, 9.17) is 9.47 Å². The molecule has 1 saturated heterocycles. The van der Waals surface area contributed by atoms with Crippen molar-refractivity contribution >= 4 is 5.90 Å². The van der Waals surface area contributed by atoms with E-state index in [0.717, 1.165) is 32.3 Å². The molecule has 0 bridgehead atoms. The minimum absolute atomic E-state index is 0.479. The molecule has 9 heavy (non-hydrogen) atoms. The summed E-state index contributed by atoms with van der Waals surface area (Å²) >= 11 is 0. The summed E-state index contributed by atoms with van der Waals surface area (Å²) in [5, 5.41) is 0. The van der Waals surface area contributed by atoms with Gasteiger partial charge in [0.1, 0.15) is 6.61 Å². The summed E-state index contributed by atoms with van der Waals surface area (Å²) in [6, 6.07) is 0. The van der Waals surface area contributed by atoms with E-state index >= 15 is 0 Å². The van der Waals surface area contributed by atoms with Crippen molar-refractivity contribution < 1.29 is 9.47 Å². The second kappa shape index (κ2) is 1.99.